The highest BCUT2D eigenvalue weighted by Gasteiger charge is 2.55. The molecule has 0 fully saturated rings. The van der Waals surface area contributed by atoms with Crippen LogP contribution >= 0.6 is 27.5 Å². The molecule has 0 spiro atoms. The second-order valence-electron chi connectivity index (χ2n) is 4.99. The maximum Gasteiger partial charge on any atom is 0.333 e. The number of methoxy groups -OCH3 is 1. The van der Waals surface area contributed by atoms with Crippen LogP contribution in [0.4, 0.5) is 0 Å². The summed E-state index contributed by atoms with van der Waals surface area (Å²) in [6, 6.07) is 6.86. The van der Waals surface area contributed by atoms with Crippen LogP contribution in [0.15, 0.2) is 28.7 Å². The summed E-state index contributed by atoms with van der Waals surface area (Å²) in [6.45, 7) is 0. The number of carboxylic acids is 3. The zero-order chi connectivity index (χ0) is 18.8. The Kier molecular flexibility index (Phi) is 5.43. The van der Waals surface area contributed by atoms with Gasteiger partial charge in [-0.15, -0.1) is 0 Å². The third-order valence-electron chi connectivity index (χ3n) is 3.58. The first-order chi connectivity index (χ1) is 11.7. The van der Waals surface area contributed by atoms with E-state index in [4.69, 9.17) is 4.74 Å². The Morgan fingerprint density at radius 2 is 1.64 bits per heavy atom. The second-order valence-corrected chi connectivity index (χ2v) is 6.65. The Morgan fingerprint density at radius 1 is 1.12 bits per heavy atom. The number of nitrogens with zero attached hydrogens (tertiary/aromatic N) is 1. The smallest absolute Gasteiger partial charge is 0.333 e. The predicted molar refractivity (Wildman–Crippen MR) is 90.8 cm³/mol. The Morgan fingerprint density at radius 3 is 2.08 bits per heavy atom. The van der Waals surface area contributed by atoms with Crippen molar-refractivity contribution in [2.24, 2.45) is 5.41 Å². The molecule has 10 heteroatoms. The van der Waals surface area contributed by atoms with Crippen LogP contribution in [0.2, 0.25) is 0 Å². The summed E-state index contributed by atoms with van der Waals surface area (Å²) in [6.07, 6.45) is -0.735. The van der Waals surface area contributed by atoms with Gasteiger partial charge in [0.1, 0.15) is 5.75 Å². The minimum Gasteiger partial charge on any atom is -0.497 e. The maximum atomic E-state index is 11.4. The van der Waals surface area contributed by atoms with Crippen molar-refractivity contribution < 1.29 is 34.4 Å². The van der Waals surface area contributed by atoms with E-state index in [0.717, 1.165) is 11.5 Å². The van der Waals surface area contributed by atoms with E-state index in [2.05, 4.69) is 20.3 Å². The van der Waals surface area contributed by atoms with Gasteiger partial charge in [0.2, 0.25) is 0 Å². The van der Waals surface area contributed by atoms with Gasteiger partial charge in [0.05, 0.1) is 17.3 Å². The van der Waals surface area contributed by atoms with Crippen molar-refractivity contribution in [3.63, 3.8) is 0 Å². The molecule has 0 atom stereocenters. The lowest BCUT2D eigenvalue weighted by molar-refractivity contribution is -0.175. The average Bonchev–Trinajstić information content (AvgIpc) is 2.92. The van der Waals surface area contributed by atoms with Gasteiger partial charge in [-0.05, 0) is 51.7 Å². The maximum absolute atomic E-state index is 11.4. The Hall–Kier alpha value is -2.46. The average molecular weight is 430 g/mol. The van der Waals surface area contributed by atoms with Crippen LogP contribution in [0.1, 0.15) is 4.88 Å². The van der Waals surface area contributed by atoms with Crippen LogP contribution in [0, 0.1) is 5.41 Å². The monoisotopic (exact) mass is 429 g/mol. The zero-order valence-electron chi connectivity index (χ0n) is 12.7. The number of carboxylic acid groups (broad SMARTS) is 3. The van der Waals surface area contributed by atoms with Crippen LogP contribution in [-0.2, 0) is 20.8 Å². The fourth-order valence-electron chi connectivity index (χ4n) is 2.09. The zero-order valence-corrected chi connectivity index (χ0v) is 15.1. The van der Waals surface area contributed by atoms with Gasteiger partial charge in [-0.3, -0.25) is 14.4 Å². The number of carbonyl (C=O) groups is 3. The number of rotatable bonds is 7. The number of ether oxygens (including phenoxy) is 1. The number of aliphatic carboxylic acids is 3. The largest absolute Gasteiger partial charge is 0.497 e. The molecule has 0 saturated carbocycles. The fourth-order valence-corrected chi connectivity index (χ4v) is 3.74. The molecular weight excluding hydrogens is 418 g/mol. The fraction of sp³-hybridized carbons (Fsp3) is 0.200. The molecule has 0 bridgehead atoms. The van der Waals surface area contributed by atoms with Gasteiger partial charge >= 0.3 is 17.9 Å². The third-order valence-corrected chi connectivity index (χ3v) is 5.54. The molecule has 1 heterocycles. The molecular formula is C15H12BrNO7S. The van der Waals surface area contributed by atoms with Crippen LogP contribution in [0.5, 0.6) is 5.75 Å². The highest BCUT2D eigenvalue weighted by molar-refractivity contribution is 9.10. The highest BCUT2D eigenvalue weighted by Crippen LogP contribution is 2.38. The third kappa shape index (κ3) is 3.35. The van der Waals surface area contributed by atoms with Crippen molar-refractivity contribution in [1.29, 1.82) is 0 Å². The molecule has 2 aromatic rings. The summed E-state index contributed by atoms with van der Waals surface area (Å²) < 4.78 is 9.60. The molecule has 0 saturated heterocycles. The summed E-state index contributed by atoms with van der Waals surface area (Å²) in [5.41, 5.74) is -1.84. The topological polar surface area (TPSA) is 134 Å². The summed E-state index contributed by atoms with van der Waals surface area (Å²) in [5.74, 6) is -5.20. The number of hydrogen-bond acceptors (Lipinski definition) is 6. The second kappa shape index (κ2) is 7.19. The minimum absolute atomic E-state index is 0.206. The van der Waals surface area contributed by atoms with Gasteiger partial charge in [0.15, 0.2) is 0 Å². The summed E-state index contributed by atoms with van der Waals surface area (Å²) in [5, 5.41) is 27.6. The molecule has 8 nitrogen and oxygen atoms in total. The van der Waals surface area contributed by atoms with Gasteiger partial charge < -0.3 is 20.1 Å². The van der Waals surface area contributed by atoms with E-state index in [-0.39, 0.29) is 4.88 Å². The van der Waals surface area contributed by atoms with Crippen LogP contribution in [0.25, 0.3) is 11.3 Å². The highest BCUT2D eigenvalue weighted by atomic mass is 79.9. The van der Waals surface area contributed by atoms with E-state index in [0.29, 0.717) is 21.5 Å². The van der Waals surface area contributed by atoms with Crippen molar-refractivity contribution in [3.05, 3.63) is 33.6 Å². The lowest BCUT2D eigenvalue weighted by Gasteiger charge is -2.19. The molecule has 2 rings (SSSR count). The van der Waals surface area contributed by atoms with E-state index in [1.807, 2.05) is 0 Å². The molecule has 3 N–H and O–H groups in total. The van der Waals surface area contributed by atoms with E-state index in [1.54, 1.807) is 24.3 Å². The first-order valence-corrected chi connectivity index (χ1v) is 8.29. The van der Waals surface area contributed by atoms with Crippen molar-refractivity contribution in [2.45, 2.75) is 6.42 Å². The molecule has 0 unspecified atom stereocenters. The van der Waals surface area contributed by atoms with E-state index >= 15 is 0 Å². The first-order valence-electron chi connectivity index (χ1n) is 6.72. The van der Waals surface area contributed by atoms with Crippen molar-refractivity contribution in [1.82, 2.24) is 4.37 Å². The van der Waals surface area contributed by atoms with E-state index < -0.39 is 29.7 Å². The number of hydrogen-bond donors (Lipinski definition) is 3. The van der Waals surface area contributed by atoms with Gasteiger partial charge in [0.25, 0.3) is 5.41 Å². The predicted octanol–water partition coefficient (Wildman–Crippen LogP) is 2.36. The SMILES string of the molecule is COc1ccc(-c2nsc(CC(C(=O)O)(C(=O)O)C(=O)O)c2Br)cc1. The van der Waals surface area contributed by atoms with Gasteiger partial charge in [-0.25, -0.2) is 0 Å². The Balaban J connectivity index is 2.44. The van der Waals surface area contributed by atoms with Crippen LogP contribution in [-0.4, -0.2) is 44.7 Å². The van der Waals surface area contributed by atoms with Crippen LogP contribution < -0.4 is 4.74 Å². The molecule has 0 aliphatic carbocycles. The molecule has 0 aliphatic heterocycles. The summed E-state index contributed by atoms with van der Waals surface area (Å²) in [7, 11) is 1.52. The first kappa shape index (κ1) is 18.9. The Bertz CT molecular complexity index is 795. The molecule has 0 amide bonds. The van der Waals surface area contributed by atoms with Crippen LogP contribution in [0.3, 0.4) is 0 Å². The van der Waals surface area contributed by atoms with Crippen molar-refractivity contribution in [2.75, 3.05) is 7.11 Å². The number of halogens is 1. The van der Waals surface area contributed by atoms with Gasteiger partial charge in [-0.2, -0.15) is 4.37 Å². The van der Waals surface area contributed by atoms with Crippen molar-refractivity contribution in [3.8, 4) is 17.0 Å². The minimum atomic E-state index is -2.98. The van der Waals surface area contributed by atoms with Crippen molar-refractivity contribution >= 4 is 45.4 Å². The molecule has 132 valence electrons. The quantitative estimate of drug-likeness (QED) is 0.570. The van der Waals surface area contributed by atoms with E-state index in [1.165, 1.54) is 7.11 Å². The lowest BCUT2D eigenvalue weighted by atomic mass is 9.84. The van der Waals surface area contributed by atoms with E-state index in [9.17, 15) is 29.7 Å². The number of aromatic nitrogens is 1. The molecule has 25 heavy (non-hydrogen) atoms. The molecule has 0 radical (unpaired) electrons. The molecule has 1 aromatic carbocycles. The molecule has 1 aromatic heterocycles. The summed E-state index contributed by atoms with van der Waals surface area (Å²) in [4.78, 5) is 34.3. The number of benzene rings is 1. The standard InChI is InChI=1S/C15H12BrNO7S/c1-24-8-4-2-7(3-5-8)11-10(16)9(25-17-11)6-15(12(18)19,13(20)21)14(22)23/h2-5H,6H2,1H3,(H,18,19)(H,20,21)(H,22,23). The normalized spacial score (nSPS) is 11.1. The lowest BCUT2D eigenvalue weighted by Crippen LogP contribution is -2.48. The van der Waals surface area contributed by atoms with Gasteiger partial charge in [0, 0.05) is 16.9 Å². The Labute approximate surface area is 154 Å². The molecule has 0 aliphatic rings. The van der Waals surface area contributed by atoms with Gasteiger partial charge in [-0.1, -0.05) is 0 Å². The summed E-state index contributed by atoms with van der Waals surface area (Å²) >= 11 is 4.10.